The Bertz CT molecular complexity index is 876. The highest BCUT2D eigenvalue weighted by atomic mass is 16.7. The van der Waals surface area contributed by atoms with Crippen LogP contribution in [-0.4, -0.2) is 23.6 Å². The second kappa shape index (κ2) is 5.90. The van der Waals surface area contributed by atoms with E-state index in [1.165, 1.54) is 16.7 Å². The molecule has 0 N–H and O–H groups in total. The average molecular weight is 347 g/mol. The van der Waals surface area contributed by atoms with E-state index in [-0.39, 0.29) is 30.6 Å². The average Bonchev–Trinajstić information content (AvgIpc) is 3.23. The Morgan fingerprint density at radius 3 is 2.65 bits per heavy atom. The number of nitrogens with zero attached hydrogens (tertiary/aromatic N) is 1. The van der Waals surface area contributed by atoms with Crippen LogP contribution in [0.5, 0.6) is 11.5 Å². The normalized spacial score (nSPS) is 25.8. The van der Waals surface area contributed by atoms with Crippen LogP contribution in [0.4, 0.5) is 0 Å². The van der Waals surface area contributed by atoms with E-state index < -0.39 is 0 Å². The zero-order valence-corrected chi connectivity index (χ0v) is 14.6. The summed E-state index contributed by atoms with van der Waals surface area (Å²) in [6.45, 7) is 5.02. The second-order valence-electron chi connectivity index (χ2n) is 7.31. The van der Waals surface area contributed by atoms with E-state index in [1.807, 2.05) is 24.3 Å². The highest BCUT2D eigenvalue weighted by molar-refractivity contribution is 5.80. The molecule has 1 amide bonds. The SMILES string of the molecule is C=C[C@@H]1c2cc3c(cc2C[C@H]2[C@H]1CC(=O)N2Cc1ccccc1)OCO3. The summed E-state index contributed by atoms with van der Waals surface area (Å²) in [5.74, 6) is 2.30. The molecule has 1 fully saturated rings. The van der Waals surface area contributed by atoms with Crippen molar-refractivity contribution in [2.24, 2.45) is 5.92 Å². The molecule has 2 aromatic carbocycles. The largest absolute Gasteiger partial charge is 0.454 e. The molecule has 2 aliphatic heterocycles. The molecule has 4 heteroatoms. The van der Waals surface area contributed by atoms with Gasteiger partial charge in [-0.1, -0.05) is 36.4 Å². The van der Waals surface area contributed by atoms with Crippen LogP contribution in [0.25, 0.3) is 0 Å². The first-order chi connectivity index (χ1) is 12.7. The number of carbonyl (C=O) groups excluding carboxylic acids is 1. The van der Waals surface area contributed by atoms with Crippen LogP contribution >= 0.6 is 0 Å². The maximum Gasteiger partial charge on any atom is 0.231 e. The number of hydrogen-bond donors (Lipinski definition) is 0. The van der Waals surface area contributed by atoms with Crippen molar-refractivity contribution in [3.8, 4) is 11.5 Å². The van der Waals surface area contributed by atoms with Crippen LogP contribution in [0.2, 0.25) is 0 Å². The van der Waals surface area contributed by atoms with Crippen molar-refractivity contribution in [2.45, 2.75) is 31.3 Å². The monoisotopic (exact) mass is 347 g/mol. The van der Waals surface area contributed by atoms with Crippen molar-refractivity contribution in [3.05, 3.63) is 71.8 Å². The van der Waals surface area contributed by atoms with Crippen molar-refractivity contribution in [3.63, 3.8) is 0 Å². The van der Waals surface area contributed by atoms with Gasteiger partial charge in [0.05, 0.1) is 0 Å². The molecule has 0 aromatic heterocycles. The van der Waals surface area contributed by atoms with E-state index in [1.54, 1.807) is 0 Å². The number of fused-ring (bicyclic) bond motifs is 3. The zero-order chi connectivity index (χ0) is 17.7. The van der Waals surface area contributed by atoms with Gasteiger partial charge >= 0.3 is 0 Å². The number of amides is 1. The lowest BCUT2D eigenvalue weighted by Gasteiger charge is -2.37. The Balaban J connectivity index is 1.51. The van der Waals surface area contributed by atoms with Crippen LogP contribution in [0.3, 0.4) is 0 Å². The first kappa shape index (κ1) is 15.5. The summed E-state index contributed by atoms with van der Waals surface area (Å²) in [5, 5.41) is 0. The molecule has 4 nitrogen and oxygen atoms in total. The summed E-state index contributed by atoms with van der Waals surface area (Å²) in [5.41, 5.74) is 3.65. The minimum Gasteiger partial charge on any atom is -0.454 e. The van der Waals surface area contributed by atoms with Crippen molar-refractivity contribution >= 4 is 5.91 Å². The molecule has 132 valence electrons. The number of benzene rings is 2. The number of ether oxygens (including phenoxy) is 2. The van der Waals surface area contributed by atoms with Gasteiger partial charge in [0, 0.05) is 24.9 Å². The summed E-state index contributed by atoms with van der Waals surface area (Å²) in [7, 11) is 0. The standard InChI is InChI=1S/C22H21NO3/c1-2-16-17-10-21-20(25-13-26-21)9-15(17)8-19-18(16)11-22(24)23(19)12-14-6-4-3-5-7-14/h2-7,9-10,16,18-19H,1,8,11-13H2/t16-,18+,19+/m1/s1. The molecule has 0 spiro atoms. The molecule has 5 rings (SSSR count). The maximum atomic E-state index is 12.8. The lowest BCUT2D eigenvalue weighted by Crippen LogP contribution is -2.40. The fourth-order valence-electron chi connectivity index (χ4n) is 4.73. The van der Waals surface area contributed by atoms with Crippen LogP contribution < -0.4 is 9.47 Å². The third-order valence-electron chi connectivity index (χ3n) is 5.96. The van der Waals surface area contributed by atoms with Gasteiger partial charge in [0.1, 0.15) is 0 Å². The highest BCUT2D eigenvalue weighted by Gasteiger charge is 2.46. The number of rotatable bonds is 3. The predicted octanol–water partition coefficient (Wildman–Crippen LogP) is 3.66. The van der Waals surface area contributed by atoms with Crippen LogP contribution in [-0.2, 0) is 17.8 Å². The van der Waals surface area contributed by atoms with Crippen molar-refractivity contribution in [1.82, 2.24) is 4.90 Å². The van der Waals surface area contributed by atoms with Crippen LogP contribution in [0, 0.1) is 5.92 Å². The quantitative estimate of drug-likeness (QED) is 0.796. The van der Waals surface area contributed by atoms with Gasteiger partial charge in [0.25, 0.3) is 0 Å². The van der Waals surface area contributed by atoms with E-state index in [4.69, 9.17) is 9.47 Å². The molecular formula is C22H21NO3. The third-order valence-corrected chi connectivity index (χ3v) is 5.96. The molecule has 0 saturated carbocycles. The van der Waals surface area contributed by atoms with E-state index >= 15 is 0 Å². The first-order valence-electron chi connectivity index (χ1n) is 9.13. The molecule has 26 heavy (non-hydrogen) atoms. The van der Waals surface area contributed by atoms with Crippen LogP contribution in [0.15, 0.2) is 55.1 Å². The van der Waals surface area contributed by atoms with E-state index in [2.05, 4.69) is 35.7 Å². The van der Waals surface area contributed by atoms with Gasteiger partial charge in [0.15, 0.2) is 11.5 Å². The molecule has 0 bridgehead atoms. The Kier molecular flexibility index (Phi) is 3.52. The Morgan fingerprint density at radius 1 is 1.12 bits per heavy atom. The van der Waals surface area contributed by atoms with Gasteiger partial charge in [-0.3, -0.25) is 4.79 Å². The molecule has 0 unspecified atom stereocenters. The van der Waals surface area contributed by atoms with Crippen LogP contribution in [0.1, 0.15) is 29.0 Å². The fraction of sp³-hybridized carbons (Fsp3) is 0.318. The Morgan fingerprint density at radius 2 is 1.88 bits per heavy atom. The van der Waals surface area contributed by atoms with E-state index in [0.29, 0.717) is 13.0 Å². The van der Waals surface area contributed by atoms with Crippen molar-refractivity contribution in [2.75, 3.05) is 6.79 Å². The first-order valence-corrected chi connectivity index (χ1v) is 9.13. The van der Waals surface area contributed by atoms with Crippen molar-refractivity contribution < 1.29 is 14.3 Å². The molecule has 3 atom stereocenters. The lowest BCUT2D eigenvalue weighted by atomic mass is 9.72. The highest BCUT2D eigenvalue weighted by Crippen LogP contribution is 2.48. The van der Waals surface area contributed by atoms with Gasteiger partial charge in [-0.05, 0) is 41.2 Å². The van der Waals surface area contributed by atoms with Gasteiger partial charge in [0.2, 0.25) is 12.7 Å². The summed E-state index contributed by atoms with van der Waals surface area (Å²) >= 11 is 0. The smallest absolute Gasteiger partial charge is 0.231 e. The minimum absolute atomic E-state index is 0.169. The Labute approximate surface area is 153 Å². The number of hydrogen-bond acceptors (Lipinski definition) is 3. The fourth-order valence-corrected chi connectivity index (χ4v) is 4.73. The van der Waals surface area contributed by atoms with E-state index in [9.17, 15) is 4.79 Å². The van der Waals surface area contributed by atoms with Gasteiger partial charge in [-0.2, -0.15) is 0 Å². The van der Waals surface area contributed by atoms with Gasteiger partial charge in [-0.15, -0.1) is 6.58 Å². The molecular weight excluding hydrogens is 326 g/mol. The van der Waals surface area contributed by atoms with Gasteiger partial charge in [-0.25, -0.2) is 0 Å². The minimum atomic E-state index is 0.169. The second-order valence-corrected chi connectivity index (χ2v) is 7.31. The van der Waals surface area contributed by atoms with Gasteiger partial charge < -0.3 is 14.4 Å². The molecule has 2 heterocycles. The lowest BCUT2D eigenvalue weighted by molar-refractivity contribution is -0.129. The third kappa shape index (κ3) is 2.32. The predicted molar refractivity (Wildman–Crippen MR) is 98.1 cm³/mol. The summed E-state index contributed by atoms with van der Waals surface area (Å²) < 4.78 is 11.1. The molecule has 2 aromatic rings. The van der Waals surface area contributed by atoms with E-state index in [0.717, 1.165) is 17.9 Å². The topological polar surface area (TPSA) is 38.8 Å². The summed E-state index contributed by atoms with van der Waals surface area (Å²) in [6, 6.07) is 14.6. The van der Waals surface area contributed by atoms with Crippen molar-refractivity contribution in [1.29, 1.82) is 0 Å². The summed E-state index contributed by atoms with van der Waals surface area (Å²) in [4.78, 5) is 14.9. The number of allylic oxidation sites excluding steroid dienone is 1. The molecule has 3 aliphatic rings. The summed E-state index contributed by atoms with van der Waals surface area (Å²) in [6.07, 6.45) is 3.44. The number of likely N-dealkylation sites (tertiary alicyclic amines) is 1. The molecule has 0 radical (unpaired) electrons. The maximum absolute atomic E-state index is 12.8. The Hall–Kier alpha value is -2.75. The number of carbonyl (C=O) groups is 1. The molecule has 1 saturated heterocycles. The zero-order valence-electron chi connectivity index (χ0n) is 14.6. The molecule has 1 aliphatic carbocycles.